The van der Waals surface area contributed by atoms with E-state index in [-0.39, 0.29) is 10.9 Å². The van der Waals surface area contributed by atoms with E-state index < -0.39 is 10.0 Å². The third-order valence-corrected chi connectivity index (χ3v) is 4.73. The number of hydrogen-bond donors (Lipinski definition) is 2. The fourth-order valence-corrected chi connectivity index (χ4v) is 3.55. The minimum absolute atomic E-state index is 0.0872. The molecule has 3 N–H and O–H groups in total. The van der Waals surface area contributed by atoms with Crippen LogP contribution in [-0.4, -0.2) is 25.3 Å². The van der Waals surface area contributed by atoms with Gasteiger partial charge in [0.05, 0.1) is 5.69 Å². The van der Waals surface area contributed by atoms with Crippen LogP contribution in [0.2, 0.25) is 0 Å². The van der Waals surface area contributed by atoms with E-state index in [9.17, 15) is 8.42 Å². The largest absolute Gasteiger partial charge is 0.323 e. The first-order valence-electron chi connectivity index (χ1n) is 5.52. The maximum Gasteiger partial charge on any atom is 0.245 e. The number of sulfonamides is 1. The molecule has 1 aromatic rings. The van der Waals surface area contributed by atoms with Crippen molar-refractivity contribution in [2.45, 2.75) is 31.7 Å². The number of anilines is 1. The Morgan fingerprint density at radius 3 is 2.41 bits per heavy atom. The van der Waals surface area contributed by atoms with Gasteiger partial charge in [0, 0.05) is 12.6 Å². The van der Waals surface area contributed by atoms with Crippen LogP contribution in [0.25, 0.3) is 0 Å². The molecule has 0 heterocycles. The van der Waals surface area contributed by atoms with Crippen molar-refractivity contribution in [3.8, 4) is 0 Å². The van der Waals surface area contributed by atoms with Crippen LogP contribution in [0, 0.1) is 0 Å². The highest BCUT2D eigenvalue weighted by molar-refractivity contribution is 7.89. The summed E-state index contributed by atoms with van der Waals surface area (Å²) >= 11 is 0. The number of hydrogen-bond acceptors (Lipinski definition) is 4. The molecule has 0 unspecified atom stereocenters. The zero-order valence-corrected chi connectivity index (χ0v) is 11.2. The number of nitrogens with one attached hydrogen (secondary N) is 1. The first-order valence-corrected chi connectivity index (χ1v) is 6.96. The molecule has 6 heteroatoms. The van der Waals surface area contributed by atoms with Gasteiger partial charge in [-0.2, -0.15) is 4.31 Å². The molecule has 1 aromatic carbocycles. The van der Waals surface area contributed by atoms with Crippen molar-refractivity contribution in [2.75, 3.05) is 12.0 Å². The quantitative estimate of drug-likeness (QED) is 0.617. The van der Waals surface area contributed by atoms with Gasteiger partial charge in [-0.1, -0.05) is 19.1 Å². The Kier molecular flexibility index (Phi) is 4.50. The van der Waals surface area contributed by atoms with Crippen LogP contribution < -0.4 is 11.3 Å². The molecular formula is C11H19N3O2S. The van der Waals surface area contributed by atoms with E-state index in [0.717, 1.165) is 0 Å². The molecule has 1 rings (SSSR count). The lowest BCUT2D eigenvalue weighted by molar-refractivity contribution is 0.369. The maximum atomic E-state index is 12.4. The molecule has 0 bridgehead atoms. The Hall–Kier alpha value is -1.11. The number of hydrazine groups is 1. The van der Waals surface area contributed by atoms with Gasteiger partial charge < -0.3 is 5.43 Å². The van der Waals surface area contributed by atoms with Crippen LogP contribution in [-0.2, 0) is 10.0 Å². The smallest absolute Gasteiger partial charge is 0.245 e. The van der Waals surface area contributed by atoms with Crippen molar-refractivity contribution >= 4 is 15.7 Å². The van der Waals surface area contributed by atoms with E-state index in [0.29, 0.717) is 12.2 Å². The van der Waals surface area contributed by atoms with Crippen molar-refractivity contribution in [1.29, 1.82) is 0 Å². The lowest BCUT2D eigenvalue weighted by atomic mass is 10.3. The van der Waals surface area contributed by atoms with E-state index >= 15 is 0 Å². The summed E-state index contributed by atoms with van der Waals surface area (Å²) in [6.45, 7) is 5.94. The van der Waals surface area contributed by atoms with Gasteiger partial charge >= 0.3 is 0 Å². The van der Waals surface area contributed by atoms with Gasteiger partial charge in [-0.15, -0.1) is 0 Å². The number of benzene rings is 1. The van der Waals surface area contributed by atoms with Gasteiger partial charge in [0.2, 0.25) is 10.0 Å². The molecule has 96 valence electrons. The second-order valence-electron chi connectivity index (χ2n) is 3.94. The standard InChI is InChI=1S/C11H19N3O2S/c1-4-14(9(2)3)17(15,16)11-8-6-5-7-10(11)13-12/h5-9,13H,4,12H2,1-3H3. The summed E-state index contributed by atoms with van der Waals surface area (Å²) in [6.07, 6.45) is 0. The Labute approximate surface area is 103 Å². The first kappa shape index (κ1) is 14.0. The SMILES string of the molecule is CCN(C(C)C)S(=O)(=O)c1ccccc1NN. The van der Waals surface area contributed by atoms with Crippen molar-refractivity contribution in [1.82, 2.24) is 4.31 Å². The zero-order chi connectivity index (χ0) is 13.1. The summed E-state index contributed by atoms with van der Waals surface area (Å²) < 4.78 is 26.3. The topological polar surface area (TPSA) is 75.4 Å². The Bertz CT molecular complexity index is 471. The molecule has 17 heavy (non-hydrogen) atoms. The monoisotopic (exact) mass is 257 g/mol. The predicted molar refractivity (Wildman–Crippen MR) is 69.0 cm³/mol. The summed E-state index contributed by atoms with van der Waals surface area (Å²) in [5.74, 6) is 5.33. The van der Waals surface area contributed by atoms with Gasteiger partial charge in [-0.25, -0.2) is 8.42 Å². The van der Waals surface area contributed by atoms with Crippen LogP contribution in [0.4, 0.5) is 5.69 Å². The molecule has 0 aromatic heterocycles. The molecule has 0 saturated heterocycles. The number of nitrogens with zero attached hydrogens (tertiary/aromatic N) is 1. The molecule has 5 nitrogen and oxygen atoms in total. The number of nitrogen functional groups attached to an aromatic ring is 1. The van der Waals surface area contributed by atoms with E-state index in [1.807, 2.05) is 20.8 Å². The average molecular weight is 257 g/mol. The van der Waals surface area contributed by atoms with Crippen molar-refractivity contribution < 1.29 is 8.42 Å². The number of rotatable bonds is 5. The summed E-state index contributed by atoms with van der Waals surface area (Å²) in [4.78, 5) is 0.207. The molecular weight excluding hydrogens is 238 g/mol. The van der Waals surface area contributed by atoms with Crippen LogP contribution in [0.15, 0.2) is 29.2 Å². The molecule has 0 amide bonds. The Balaban J connectivity index is 3.30. The first-order chi connectivity index (χ1) is 7.95. The van der Waals surface area contributed by atoms with Gasteiger partial charge in [0.1, 0.15) is 4.90 Å². The molecule has 0 atom stereocenters. The van der Waals surface area contributed by atoms with E-state index in [2.05, 4.69) is 5.43 Å². The van der Waals surface area contributed by atoms with Gasteiger partial charge in [0.25, 0.3) is 0 Å². The van der Waals surface area contributed by atoms with E-state index in [1.165, 1.54) is 4.31 Å². The third kappa shape index (κ3) is 2.77. The third-order valence-electron chi connectivity index (χ3n) is 2.52. The molecule has 0 aliphatic carbocycles. The second-order valence-corrected chi connectivity index (χ2v) is 5.80. The Morgan fingerprint density at radius 2 is 1.94 bits per heavy atom. The van der Waals surface area contributed by atoms with Crippen LogP contribution in [0.3, 0.4) is 0 Å². The average Bonchev–Trinajstić information content (AvgIpc) is 2.29. The molecule has 0 spiro atoms. The Morgan fingerprint density at radius 1 is 1.35 bits per heavy atom. The zero-order valence-electron chi connectivity index (χ0n) is 10.3. The van der Waals surface area contributed by atoms with Crippen LogP contribution in [0.1, 0.15) is 20.8 Å². The highest BCUT2D eigenvalue weighted by Gasteiger charge is 2.27. The minimum Gasteiger partial charge on any atom is -0.323 e. The lowest BCUT2D eigenvalue weighted by Gasteiger charge is -2.25. The number of nitrogens with two attached hydrogens (primary N) is 1. The molecule has 0 saturated carbocycles. The fourth-order valence-electron chi connectivity index (χ4n) is 1.75. The van der Waals surface area contributed by atoms with E-state index in [4.69, 9.17) is 5.84 Å². The minimum atomic E-state index is -3.50. The summed E-state index contributed by atoms with van der Waals surface area (Å²) in [5.41, 5.74) is 2.82. The molecule has 0 aliphatic rings. The van der Waals surface area contributed by atoms with Gasteiger partial charge in [-0.3, -0.25) is 5.84 Å². The predicted octanol–water partition coefficient (Wildman–Crippen LogP) is 1.39. The van der Waals surface area contributed by atoms with Crippen molar-refractivity contribution in [3.05, 3.63) is 24.3 Å². The normalized spacial score (nSPS) is 12.1. The summed E-state index contributed by atoms with van der Waals surface area (Å²) in [7, 11) is -3.50. The van der Waals surface area contributed by atoms with Crippen molar-refractivity contribution in [2.24, 2.45) is 5.84 Å². The molecule has 0 fully saturated rings. The molecule has 0 radical (unpaired) electrons. The highest BCUT2D eigenvalue weighted by atomic mass is 32.2. The number of para-hydroxylation sites is 1. The fraction of sp³-hybridized carbons (Fsp3) is 0.455. The van der Waals surface area contributed by atoms with Gasteiger partial charge in [0.15, 0.2) is 0 Å². The molecule has 0 aliphatic heterocycles. The highest BCUT2D eigenvalue weighted by Crippen LogP contribution is 2.24. The van der Waals surface area contributed by atoms with Crippen molar-refractivity contribution in [3.63, 3.8) is 0 Å². The maximum absolute atomic E-state index is 12.4. The van der Waals surface area contributed by atoms with Gasteiger partial charge in [-0.05, 0) is 26.0 Å². The van der Waals surface area contributed by atoms with E-state index in [1.54, 1.807) is 24.3 Å². The summed E-state index contributed by atoms with van der Waals surface area (Å²) in [6, 6.07) is 6.52. The second kappa shape index (κ2) is 5.48. The lowest BCUT2D eigenvalue weighted by Crippen LogP contribution is -2.37. The summed E-state index contributed by atoms with van der Waals surface area (Å²) in [5, 5.41) is 0. The van der Waals surface area contributed by atoms with Crippen LogP contribution >= 0.6 is 0 Å². The van der Waals surface area contributed by atoms with Crippen LogP contribution in [0.5, 0.6) is 0 Å².